The molecule has 3 rings (SSSR count). The summed E-state index contributed by atoms with van der Waals surface area (Å²) in [5.41, 5.74) is -0.408. The molecule has 0 saturated carbocycles. The van der Waals surface area contributed by atoms with Crippen molar-refractivity contribution in [2.45, 2.75) is 0 Å². The molecule has 1 aromatic carbocycles. The summed E-state index contributed by atoms with van der Waals surface area (Å²) in [6, 6.07) is 5.77. The third-order valence-electron chi connectivity index (χ3n) is 4.31. The lowest BCUT2D eigenvalue weighted by Gasteiger charge is -2.13. The molecule has 0 fully saturated rings. The molecule has 0 radical (unpaired) electrons. The number of hydrogen-bond donors (Lipinski definition) is 2. The van der Waals surface area contributed by atoms with Crippen LogP contribution in [0.5, 0.6) is 5.75 Å². The molecular weight excluding hydrogens is 414 g/mol. The Labute approximate surface area is 171 Å². The smallest absolute Gasteiger partial charge is 0.332 e. The van der Waals surface area contributed by atoms with Crippen molar-refractivity contribution in [1.29, 1.82) is 0 Å². The van der Waals surface area contributed by atoms with Crippen LogP contribution < -0.4 is 26.0 Å². The number of carbonyl (C=O) groups is 1. The predicted octanol–water partition coefficient (Wildman–Crippen LogP) is 0.265. The van der Waals surface area contributed by atoms with Crippen molar-refractivity contribution in [2.24, 2.45) is 14.1 Å². The van der Waals surface area contributed by atoms with Crippen LogP contribution in [-0.2, 0) is 24.1 Å². The molecule has 11 nitrogen and oxygen atoms in total. The summed E-state index contributed by atoms with van der Waals surface area (Å²) < 4.78 is 32.6. The number of anilines is 2. The molecule has 30 heavy (non-hydrogen) atoms. The Morgan fingerprint density at radius 2 is 1.83 bits per heavy atom. The van der Waals surface area contributed by atoms with Gasteiger partial charge in [-0.25, -0.2) is 18.2 Å². The molecule has 2 heterocycles. The number of nitrogens with one attached hydrogen (secondary N) is 2. The second-order valence-corrected chi connectivity index (χ2v) is 8.29. The Bertz CT molecular complexity index is 1390. The molecule has 158 valence electrons. The number of carbonyl (C=O) groups excluding carboxylic acids is 1. The zero-order chi connectivity index (χ0) is 22.2. The number of pyridine rings is 1. The van der Waals surface area contributed by atoms with Crippen molar-refractivity contribution < 1.29 is 17.9 Å². The number of rotatable bonds is 5. The highest BCUT2D eigenvalue weighted by Gasteiger charge is 2.15. The van der Waals surface area contributed by atoms with Gasteiger partial charge in [-0.1, -0.05) is 0 Å². The number of nitrogens with zero attached hydrogens (tertiary/aromatic N) is 3. The fourth-order valence-electron chi connectivity index (χ4n) is 2.86. The standard InChI is InChI=1S/C18H19N5O6S/c1-22-15-12(17(25)23(2)18(22)26)7-10(9-19-15)16(24)20-11-5-6-14(29-3)13(8-11)21-30(4,27)28/h5-9,21H,1-4H3,(H,20,24). The van der Waals surface area contributed by atoms with Gasteiger partial charge in [0.2, 0.25) is 10.0 Å². The molecule has 0 unspecified atom stereocenters. The average molecular weight is 433 g/mol. The zero-order valence-corrected chi connectivity index (χ0v) is 17.4. The number of ether oxygens (including phenoxy) is 1. The second-order valence-electron chi connectivity index (χ2n) is 6.54. The van der Waals surface area contributed by atoms with Crippen LogP contribution in [0.2, 0.25) is 0 Å². The highest BCUT2D eigenvalue weighted by Crippen LogP contribution is 2.28. The number of benzene rings is 1. The van der Waals surface area contributed by atoms with Gasteiger partial charge in [0.15, 0.2) is 0 Å². The zero-order valence-electron chi connectivity index (χ0n) is 16.6. The molecule has 2 aromatic heterocycles. The van der Waals surface area contributed by atoms with Gasteiger partial charge in [0.1, 0.15) is 11.4 Å². The monoisotopic (exact) mass is 433 g/mol. The summed E-state index contributed by atoms with van der Waals surface area (Å²) in [5, 5.41) is 2.73. The second kappa shape index (κ2) is 7.63. The first-order valence-corrected chi connectivity index (χ1v) is 10.4. The van der Waals surface area contributed by atoms with Crippen molar-refractivity contribution in [3.8, 4) is 5.75 Å². The van der Waals surface area contributed by atoms with E-state index in [0.29, 0.717) is 5.69 Å². The molecule has 0 spiro atoms. The van der Waals surface area contributed by atoms with Crippen LogP contribution in [0.25, 0.3) is 11.0 Å². The fraction of sp³-hybridized carbons (Fsp3) is 0.222. The summed E-state index contributed by atoms with van der Waals surface area (Å²) in [6.45, 7) is 0. The maximum Gasteiger partial charge on any atom is 0.332 e. The minimum Gasteiger partial charge on any atom is -0.495 e. The first kappa shape index (κ1) is 21.0. The minimum absolute atomic E-state index is 0.0895. The van der Waals surface area contributed by atoms with Gasteiger partial charge in [0.05, 0.1) is 30.0 Å². The fourth-order valence-corrected chi connectivity index (χ4v) is 3.42. The van der Waals surface area contributed by atoms with Crippen LogP contribution >= 0.6 is 0 Å². The molecular formula is C18H19N5O6S. The summed E-state index contributed by atoms with van der Waals surface area (Å²) in [5.74, 6) is -0.300. The van der Waals surface area contributed by atoms with E-state index in [1.165, 1.54) is 56.2 Å². The Morgan fingerprint density at radius 1 is 1.13 bits per heavy atom. The average Bonchev–Trinajstić information content (AvgIpc) is 2.69. The Hall–Kier alpha value is -3.67. The van der Waals surface area contributed by atoms with Crippen molar-refractivity contribution in [3.63, 3.8) is 0 Å². The van der Waals surface area contributed by atoms with E-state index >= 15 is 0 Å². The molecule has 12 heteroatoms. The van der Waals surface area contributed by atoms with Gasteiger partial charge in [-0.2, -0.15) is 0 Å². The van der Waals surface area contributed by atoms with Crippen LogP contribution in [0.15, 0.2) is 40.1 Å². The van der Waals surface area contributed by atoms with Gasteiger partial charge in [-0.15, -0.1) is 0 Å². The lowest BCUT2D eigenvalue weighted by atomic mass is 10.2. The first-order chi connectivity index (χ1) is 14.0. The molecule has 0 aliphatic heterocycles. The summed E-state index contributed by atoms with van der Waals surface area (Å²) in [7, 11) is 0.634. The third-order valence-corrected chi connectivity index (χ3v) is 4.90. The Balaban J connectivity index is 1.98. The van der Waals surface area contributed by atoms with E-state index in [2.05, 4.69) is 15.0 Å². The van der Waals surface area contributed by atoms with Gasteiger partial charge < -0.3 is 10.1 Å². The molecule has 1 amide bonds. The van der Waals surface area contributed by atoms with E-state index in [9.17, 15) is 22.8 Å². The Kier molecular flexibility index (Phi) is 5.35. The number of aromatic nitrogens is 3. The summed E-state index contributed by atoms with van der Waals surface area (Å²) >= 11 is 0. The molecule has 0 saturated heterocycles. The minimum atomic E-state index is -3.57. The maximum atomic E-state index is 12.7. The van der Waals surface area contributed by atoms with Crippen molar-refractivity contribution in [2.75, 3.05) is 23.4 Å². The van der Waals surface area contributed by atoms with Gasteiger partial charge in [0, 0.05) is 26.0 Å². The molecule has 0 atom stereocenters. The van der Waals surface area contributed by atoms with E-state index in [1.807, 2.05) is 0 Å². The van der Waals surface area contributed by atoms with E-state index in [-0.39, 0.29) is 28.0 Å². The number of methoxy groups -OCH3 is 1. The van der Waals surface area contributed by atoms with Gasteiger partial charge in [0.25, 0.3) is 11.5 Å². The summed E-state index contributed by atoms with van der Waals surface area (Å²) in [4.78, 5) is 41.1. The normalized spacial score (nSPS) is 11.3. The van der Waals surface area contributed by atoms with Gasteiger partial charge >= 0.3 is 5.69 Å². The number of aryl methyl sites for hydroxylation is 1. The van der Waals surface area contributed by atoms with Crippen LogP contribution in [0.3, 0.4) is 0 Å². The van der Waals surface area contributed by atoms with E-state index in [4.69, 9.17) is 4.74 Å². The quantitative estimate of drug-likeness (QED) is 0.588. The molecule has 2 N–H and O–H groups in total. The molecule has 0 aliphatic carbocycles. The molecule has 0 aliphatic rings. The topological polar surface area (TPSA) is 141 Å². The lowest BCUT2D eigenvalue weighted by molar-refractivity contribution is 0.102. The number of sulfonamides is 1. The predicted molar refractivity (Wildman–Crippen MR) is 112 cm³/mol. The van der Waals surface area contributed by atoms with Crippen LogP contribution in [0.1, 0.15) is 10.4 Å². The van der Waals surface area contributed by atoms with Gasteiger partial charge in [-0.3, -0.25) is 23.4 Å². The Morgan fingerprint density at radius 3 is 2.47 bits per heavy atom. The van der Waals surface area contributed by atoms with Crippen molar-refractivity contribution in [3.05, 3.63) is 56.9 Å². The molecule has 0 bridgehead atoms. The number of fused-ring (bicyclic) bond motifs is 1. The highest BCUT2D eigenvalue weighted by molar-refractivity contribution is 7.92. The van der Waals surface area contributed by atoms with Crippen molar-refractivity contribution >= 4 is 38.3 Å². The first-order valence-electron chi connectivity index (χ1n) is 8.55. The SMILES string of the molecule is COc1ccc(NC(=O)c2cnc3c(c2)c(=O)n(C)c(=O)n3C)cc1NS(C)(=O)=O. The van der Waals surface area contributed by atoms with Crippen molar-refractivity contribution in [1.82, 2.24) is 14.1 Å². The third kappa shape index (κ3) is 4.03. The number of hydrogen-bond acceptors (Lipinski definition) is 7. The maximum absolute atomic E-state index is 12.7. The lowest BCUT2D eigenvalue weighted by Crippen LogP contribution is -2.37. The molecule has 3 aromatic rings. The highest BCUT2D eigenvalue weighted by atomic mass is 32.2. The number of amides is 1. The van der Waals surface area contributed by atoms with E-state index in [1.54, 1.807) is 0 Å². The van der Waals surface area contributed by atoms with Crippen LogP contribution in [0.4, 0.5) is 11.4 Å². The van der Waals surface area contributed by atoms with Crippen LogP contribution in [0, 0.1) is 0 Å². The largest absolute Gasteiger partial charge is 0.495 e. The summed E-state index contributed by atoms with van der Waals surface area (Å²) in [6.07, 6.45) is 2.24. The van der Waals surface area contributed by atoms with E-state index < -0.39 is 27.2 Å². The van der Waals surface area contributed by atoms with E-state index in [0.717, 1.165) is 10.8 Å². The van der Waals surface area contributed by atoms with Gasteiger partial charge in [-0.05, 0) is 24.3 Å². The van der Waals surface area contributed by atoms with Crippen LogP contribution in [-0.4, -0.2) is 41.8 Å².